The zero-order valence-corrected chi connectivity index (χ0v) is 13.0. The Bertz CT molecular complexity index is 482. The van der Waals surface area contributed by atoms with Crippen molar-refractivity contribution >= 4 is 5.69 Å². The van der Waals surface area contributed by atoms with Crippen molar-refractivity contribution in [3.05, 3.63) is 29.8 Å². The summed E-state index contributed by atoms with van der Waals surface area (Å²) in [5, 5.41) is 12.8. The molecule has 1 N–H and O–H groups in total. The fourth-order valence-corrected chi connectivity index (χ4v) is 2.66. The Morgan fingerprint density at radius 3 is 2.45 bits per heavy atom. The second-order valence-corrected chi connectivity index (χ2v) is 6.53. The van der Waals surface area contributed by atoms with Gasteiger partial charge in [0.15, 0.2) is 0 Å². The van der Waals surface area contributed by atoms with Crippen molar-refractivity contribution in [2.75, 3.05) is 18.4 Å². The number of benzene rings is 1. The molecule has 0 aliphatic carbocycles. The number of likely N-dealkylation sites (tertiary alicyclic amines) is 1. The summed E-state index contributed by atoms with van der Waals surface area (Å²) in [6, 6.07) is 11.8. The maximum Gasteiger partial charge on any atom is 0.0766 e. The first-order chi connectivity index (χ1) is 9.42. The Balaban J connectivity index is 1.97. The van der Waals surface area contributed by atoms with Crippen LogP contribution in [0.2, 0.25) is 0 Å². The monoisotopic (exact) mass is 271 g/mol. The van der Waals surface area contributed by atoms with Crippen LogP contribution in [0.25, 0.3) is 0 Å². The zero-order valence-electron chi connectivity index (χ0n) is 13.0. The molecule has 0 amide bonds. The number of nitrogens with zero attached hydrogens (tertiary/aromatic N) is 2. The van der Waals surface area contributed by atoms with Crippen molar-refractivity contribution in [3.63, 3.8) is 0 Å². The molecule has 108 valence electrons. The van der Waals surface area contributed by atoms with Crippen molar-refractivity contribution < 1.29 is 0 Å². The lowest BCUT2D eigenvalue weighted by atomic mass is 9.86. The molecule has 2 rings (SSSR count). The van der Waals surface area contributed by atoms with E-state index in [9.17, 15) is 0 Å². The fourth-order valence-electron chi connectivity index (χ4n) is 2.66. The second-order valence-electron chi connectivity index (χ2n) is 6.53. The normalized spacial score (nSPS) is 20.1. The van der Waals surface area contributed by atoms with E-state index < -0.39 is 5.41 Å². The highest BCUT2D eigenvalue weighted by Crippen LogP contribution is 2.24. The lowest BCUT2D eigenvalue weighted by Gasteiger charge is -2.21. The zero-order chi connectivity index (χ0) is 14.8. The summed E-state index contributed by atoms with van der Waals surface area (Å²) < 4.78 is 0. The van der Waals surface area contributed by atoms with Crippen LogP contribution >= 0.6 is 0 Å². The molecule has 3 nitrogen and oxygen atoms in total. The maximum atomic E-state index is 9.16. The number of hydrogen-bond donors (Lipinski definition) is 1. The standard InChI is InChI=1S/C17H25N3/c1-13(2)20-10-9-16(11-20)19-15-7-5-14(6-8-15)17(3,4)12-18/h5-8,13,16,19H,9-11H2,1-4H3. The predicted molar refractivity (Wildman–Crippen MR) is 83.8 cm³/mol. The minimum absolute atomic E-state index is 0.416. The van der Waals surface area contributed by atoms with Crippen LogP contribution in [-0.4, -0.2) is 30.1 Å². The van der Waals surface area contributed by atoms with Crippen LogP contribution < -0.4 is 5.32 Å². The molecule has 1 aliphatic heterocycles. The van der Waals surface area contributed by atoms with Gasteiger partial charge >= 0.3 is 0 Å². The number of nitrogens with one attached hydrogen (secondary N) is 1. The summed E-state index contributed by atoms with van der Waals surface area (Å²) in [5.41, 5.74) is 1.80. The van der Waals surface area contributed by atoms with Crippen LogP contribution in [0, 0.1) is 11.3 Å². The van der Waals surface area contributed by atoms with Gasteiger partial charge in [-0.2, -0.15) is 5.26 Å². The van der Waals surface area contributed by atoms with E-state index in [1.807, 2.05) is 13.8 Å². The number of anilines is 1. The molecule has 3 heteroatoms. The largest absolute Gasteiger partial charge is 0.381 e. The number of rotatable bonds is 4. The molecular formula is C17H25N3. The minimum Gasteiger partial charge on any atom is -0.381 e. The van der Waals surface area contributed by atoms with E-state index in [1.54, 1.807) is 0 Å². The average Bonchev–Trinajstić information content (AvgIpc) is 2.88. The Kier molecular flexibility index (Phi) is 4.35. The molecule has 0 bridgehead atoms. The first-order valence-corrected chi connectivity index (χ1v) is 7.45. The lowest BCUT2D eigenvalue weighted by Crippen LogP contribution is -2.31. The average molecular weight is 271 g/mol. The molecule has 1 atom stereocenters. The van der Waals surface area contributed by atoms with Gasteiger partial charge in [0.05, 0.1) is 11.5 Å². The van der Waals surface area contributed by atoms with E-state index in [-0.39, 0.29) is 0 Å². The summed E-state index contributed by atoms with van der Waals surface area (Å²) in [7, 11) is 0. The molecule has 1 fully saturated rings. The Hall–Kier alpha value is -1.53. The Labute approximate surface area is 122 Å². The molecule has 1 saturated heterocycles. The van der Waals surface area contributed by atoms with E-state index >= 15 is 0 Å². The minimum atomic E-state index is -0.416. The summed E-state index contributed by atoms with van der Waals surface area (Å²) in [5.74, 6) is 0. The molecule has 1 aromatic rings. The Morgan fingerprint density at radius 1 is 1.30 bits per heavy atom. The van der Waals surface area contributed by atoms with E-state index in [4.69, 9.17) is 5.26 Å². The molecular weight excluding hydrogens is 246 g/mol. The molecule has 0 saturated carbocycles. The third-order valence-corrected chi connectivity index (χ3v) is 4.21. The smallest absolute Gasteiger partial charge is 0.0766 e. The number of nitriles is 1. The Morgan fingerprint density at radius 2 is 1.95 bits per heavy atom. The van der Waals surface area contributed by atoms with Gasteiger partial charge in [-0.25, -0.2) is 0 Å². The summed E-state index contributed by atoms with van der Waals surface area (Å²) >= 11 is 0. The fraction of sp³-hybridized carbons (Fsp3) is 0.588. The van der Waals surface area contributed by atoms with Gasteiger partial charge in [-0.05, 0) is 51.8 Å². The molecule has 1 aromatic carbocycles. The van der Waals surface area contributed by atoms with Gasteiger partial charge in [0.2, 0.25) is 0 Å². The molecule has 0 radical (unpaired) electrons. The van der Waals surface area contributed by atoms with Crippen LogP contribution in [0.3, 0.4) is 0 Å². The molecule has 1 aliphatic rings. The third kappa shape index (κ3) is 3.32. The molecule has 1 unspecified atom stereocenters. The highest BCUT2D eigenvalue weighted by Gasteiger charge is 2.24. The van der Waals surface area contributed by atoms with Gasteiger partial charge in [0, 0.05) is 30.9 Å². The van der Waals surface area contributed by atoms with Crippen LogP contribution in [-0.2, 0) is 5.41 Å². The maximum absolute atomic E-state index is 9.16. The van der Waals surface area contributed by atoms with E-state index in [0.717, 1.165) is 17.8 Å². The van der Waals surface area contributed by atoms with Crippen molar-refractivity contribution in [2.24, 2.45) is 0 Å². The van der Waals surface area contributed by atoms with Crippen LogP contribution in [0.4, 0.5) is 5.69 Å². The molecule has 20 heavy (non-hydrogen) atoms. The van der Waals surface area contributed by atoms with E-state index in [0.29, 0.717) is 12.1 Å². The van der Waals surface area contributed by atoms with Crippen LogP contribution in [0.1, 0.15) is 39.7 Å². The van der Waals surface area contributed by atoms with Crippen molar-refractivity contribution in [1.29, 1.82) is 5.26 Å². The summed E-state index contributed by atoms with van der Waals surface area (Å²) in [6.07, 6.45) is 1.20. The van der Waals surface area contributed by atoms with Gasteiger partial charge < -0.3 is 5.32 Å². The van der Waals surface area contributed by atoms with Crippen LogP contribution in [0.15, 0.2) is 24.3 Å². The topological polar surface area (TPSA) is 39.1 Å². The van der Waals surface area contributed by atoms with Gasteiger partial charge in [0.1, 0.15) is 0 Å². The van der Waals surface area contributed by atoms with Crippen molar-refractivity contribution in [2.45, 2.75) is 51.6 Å². The molecule has 0 aromatic heterocycles. The molecule has 1 heterocycles. The van der Waals surface area contributed by atoms with Gasteiger partial charge in [-0.1, -0.05) is 12.1 Å². The summed E-state index contributed by atoms with van der Waals surface area (Å²) in [4.78, 5) is 2.50. The van der Waals surface area contributed by atoms with Gasteiger partial charge in [-0.3, -0.25) is 4.90 Å². The van der Waals surface area contributed by atoms with E-state index in [1.165, 1.54) is 13.0 Å². The lowest BCUT2D eigenvalue weighted by molar-refractivity contribution is 0.274. The predicted octanol–water partition coefficient (Wildman–Crippen LogP) is 3.38. The van der Waals surface area contributed by atoms with E-state index in [2.05, 4.69) is 54.4 Å². The quantitative estimate of drug-likeness (QED) is 0.912. The van der Waals surface area contributed by atoms with Crippen molar-refractivity contribution in [3.8, 4) is 6.07 Å². The molecule has 0 spiro atoms. The van der Waals surface area contributed by atoms with Crippen LogP contribution in [0.5, 0.6) is 0 Å². The SMILES string of the molecule is CC(C)N1CCC(Nc2ccc(C(C)(C)C#N)cc2)C1. The first-order valence-electron chi connectivity index (χ1n) is 7.45. The van der Waals surface area contributed by atoms with Gasteiger partial charge in [-0.15, -0.1) is 0 Å². The van der Waals surface area contributed by atoms with Gasteiger partial charge in [0.25, 0.3) is 0 Å². The highest BCUT2D eigenvalue weighted by molar-refractivity contribution is 5.47. The summed E-state index contributed by atoms with van der Waals surface area (Å²) in [6.45, 7) is 10.7. The first kappa shape index (κ1) is 14.9. The third-order valence-electron chi connectivity index (χ3n) is 4.21. The van der Waals surface area contributed by atoms with Crippen molar-refractivity contribution in [1.82, 2.24) is 4.90 Å². The number of hydrogen-bond acceptors (Lipinski definition) is 3. The second kappa shape index (κ2) is 5.85. The highest BCUT2D eigenvalue weighted by atomic mass is 15.2.